The molecule has 1 N–H and O–H groups in total. The van der Waals surface area contributed by atoms with Crippen LogP contribution in [0, 0.1) is 6.92 Å². The average molecular weight is 324 g/mol. The smallest absolute Gasteiger partial charge is 0.123 e. The molecule has 2 aromatic rings. The Labute approximate surface area is 136 Å². The normalized spacial score (nSPS) is 12.2. The fourth-order valence-electron chi connectivity index (χ4n) is 2.26. The number of rotatable bonds is 5. The molecule has 1 unspecified atom stereocenters. The van der Waals surface area contributed by atoms with Gasteiger partial charge in [-0.15, -0.1) is 0 Å². The molecular formula is C17H19Cl2NO. The molecule has 1 atom stereocenters. The molecular weight excluding hydrogens is 305 g/mol. The first kappa shape index (κ1) is 16.2. The van der Waals surface area contributed by atoms with Crippen LogP contribution in [-0.4, -0.2) is 7.11 Å². The molecule has 0 aliphatic carbocycles. The first-order valence-electron chi connectivity index (χ1n) is 6.83. The number of methoxy groups -OCH3 is 1. The van der Waals surface area contributed by atoms with Crippen LogP contribution in [0.1, 0.15) is 29.7 Å². The molecule has 0 saturated carbocycles. The van der Waals surface area contributed by atoms with E-state index < -0.39 is 0 Å². The summed E-state index contributed by atoms with van der Waals surface area (Å²) >= 11 is 12.4. The molecule has 0 heterocycles. The van der Waals surface area contributed by atoms with Crippen molar-refractivity contribution in [2.75, 3.05) is 7.11 Å². The first-order chi connectivity index (χ1) is 10.0. The summed E-state index contributed by atoms with van der Waals surface area (Å²) in [6.07, 6.45) is 0. The summed E-state index contributed by atoms with van der Waals surface area (Å²) in [6, 6.07) is 11.8. The Morgan fingerprint density at radius 1 is 1.14 bits per heavy atom. The van der Waals surface area contributed by atoms with Gasteiger partial charge in [-0.3, -0.25) is 0 Å². The molecule has 0 aliphatic rings. The third kappa shape index (κ3) is 3.91. The highest BCUT2D eigenvalue weighted by Crippen LogP contribution is 2.28. The van der Waals surface area contributed by atoms with E-state index in [1.54, 1.807) is 7.11 Å². The van der Waals surface area contributed by atoms with Crippen LogP contribution in [0.4, 0.5) is 0 Å². The summed E-state index contributed by atoms with van der Waals surface area (Å²) < 4.78 is 5.43. The van der Waals surface area contributed by atoms with Gasteiger partial charge in [0.05, 0.1) is 7.11 Å². The molecule has 0 spiro atoms. The van der Waals surface area contributed by atoms with Gasteiger partial charge >= 0.3 is 0 Å². The Bertz CT molecular complexity index is 608. The minimum atomic E-state index is 0.132. The molecule has 2 nitrogen and oxygen atoms in total. The Morgan fingerprint density at radius 3 is 2.43 bits per heavy atom. The van der Waals surface area contributed by atoms with E-state index >= 15 is 0 Å². The molecule has 2 rings (SSSR count). The molecule has 2 aromatic carbocycles. The van der Waals surface area contributed by atoms with Gasteiger partial charge in [-0.05, 0) is 32.0 Å². The van der Waals surface area contributed by atoms with Crippen LogP contribution < -0.4 is 10.1 Å². The molecule has 0 aliphatic heterocycles. The topological polar surface area (TPSA) is 21.3 Å². The standard InChI is InChI=1S/C17H19Cl2NO/c1-11-7-8-17(21-3)13(9-11)12(2)20-10-14-15(18)5-4-6-16(14)19/h4-9,12,20H,10H2,1-3H3. The number of halogens is 2. The lowest BCUT2D eigenvalue weighted by atomic mass is 10.0. The number of benzene rings is 2. The summed E-state index contributed by atoms with van der Waals surface area (Å²) in [7, 11) is 1.69. The maximum absolute atomic E-state index is 6.19. The summed E-state index contributed by atoms with van der Waals surface area (Å²) in [5, 5.41) is 4.81. The molecule has 21 heavy (non-hydrogen) atoms. The molecule has 0 radical (unpaired) electrons. The van der Waals surface area contributed by atoms with Crippen molar-refractivity contribution in [2.45, 2.75) is 26.4 Å². The minimum Gasteiger partial charge on any atom is -0.496 e. The van der Waals surface area contributed by atoms with Crippen LogP contribution in [0.5, 0.6) is 5.75 Å². The zero-order valence-corrected chi connectivity index (χ0v) is 13.9. The predicted molar refractivity (Wildman–Crippen MR) is 89.4 cm³/mol. The number of hydrogen-bond donors (Lipinski definition) is 1. The second-order valence-electron chi connectivity index (χ2n) is 5.05. The minimum absolute atomic E-state index is 0.132. The van der Waals surface area contributed by atoms with Gasteiger partial charge in [-0.1, -0.05) is 47.0 Å². The summed E-state index contributed by atoms with van der Waals surface area (Å²) in [4.78, 5) is 0. The Hall–Kier alpha value is -1.22. The maximum atomic E-state index is 6.19. The number of aryl methyl sites for hydroxylation is 1. The third-order valence-corrected chi connectivity index (χ3v) is 4.21. The monoisotopic (exact) mass is 323 g/mol. The molecule has 0 bridgehead atoms. The average Bonchev–Trinajstić information content (AvgIpc) is 2.46. The largest absolute Gasteiger partial charge is 0.496 e. The lowest BCUT2D eigenvalue weighted by Crippen LogP contribution is -2.19. The van der Waals surface area contributed by atoms with Crippen LogP contribution in [0.15, 0.2) is 36.4 Å². The zero-order chi connectivity index (χ0) is 15.4. The van der Waals surface area contributed by atoms with E-state index in [9.17, 15) is 0 Å². The molecule has 0 fully saturated rings. The van der Waals surface area contributed by atoms with Gasteiger partial charge in [0.25, 0.3) is 0 Å². The van der Waals surface area contributed by atoms with Crippen molar-refractivity contribution in [1.29, 1.82) is 0 Å². The second kappa shape index (κ2) is 7.17. The maximum Gasteiger partial charge on any atom is 0.123 e. The van der Waals surface area contributed by atoms with Gasteiger partial charge in [-0.25, -0.2) is 0 Å². The van der Waals surface area contributed by atoms with Gasteiger partial charge in [0, 0.05) is 33.8 Å². The van der Waals surface area contributed by atoms with Crippen LogP contribution in [-0.2, 0) is 6.54 Å². The van der Waals surface area contributed by atoms with Crippen molar-refractivity contribution in [3.05, 3.63) is 63.1 Å². The second-order valence-corrected chi connectivity index (χ2v) is 5.86. The lowest BCUT2D eigenvalue weighted by Gasteiger charge is -2.19. The molecule has 112 valence electrons. The van der Waals surface area contributed by atoms with E-state index in [4.69, 9.17) is 27.9 Å². The van der Waals surface area contributed by atoms with Crippen molar-refractivity contribution in [2.24, 2.45) is 0 Å². The third-order valence-electron chi connectivity index (χ3n) is 3.50. The molecule has 0 saturated heterocycles. The highest BCUT2D eigenvalue weighted by atomic mass is 35.5. The number of ether oxygens (including phenoxy) is 1. The van der Waals surface area contributed by atoms with Gasteiger partial charge in [-0.2, -0.15) is 0 Å². The van der Waals surface area contributed by atoms with E-state index in [1.165, 1.54) is 5.56 Å². The van der Waals surface area contributed by atoms with E-state index in [2.05, 4.69) is 25.2 Å². The first-order valence-corrected chi connectivity index (χ1v) is 7.59. The van der Waals surface area contributed by atoms with E-state index in [-0.39, 0.29) is 6.04 Å². The quantitative estimate of drug-likeness (QED) is 0.820. The van der Waals surface area contributed by atoms with Crippen molar-refractivity contribution in [1.82, 2.24) is 5.32 Å². The molecule has 0 aromatic heterocycles. The van der Waals surface area contributed by atoms with Crippen LogP contribution in [0.25, 0.3) is 0 Å². The van der Waals surface area contributed by atoms with Gasteiger partial charge in [0.15, 0.2) is 0 Å². The van der Waals surface area contributed by atoms with Gasteiger partial charge in [0.1, 0.15) is 5.75 Å². The highest BCUT2D eigenvalue weighted by molar-refractivity contribution is 6.35. The van der Waals surface area contributed by atoms with Crippen LogP contribution in [0.2, 0.25) is 10.0 Å². The molecule has 4 heteroatoms. The summed E-state index contributed by atoms with van der Waals surface area (Å²) in [5.74, 6) is 0.880. The van der Waals surface area contributed by atoms with Gasteiger partial charge < -0.3 is 10.1 Å². The zero-order valence-electron chi connectivity index (χ0n) is 12.4. The van der Waals surface area contributed by atoms with Crippen molar-refractivity contribution >= 4 is 23.2 Å². The van der Waals surface area contributed by atoms with E-state index in [0.717, 1.165) is 16.9 Å². The Morgan fingerprint density at radius 2 is 1.81 bits per heavy atom. The van der Waals surface area contributed by atoms with Crippen molar-refractivity contribution in [3.8, 4) is 5.75 Å². The number of nitrogens with one attached hydrogen (secondary N) is 1. The van der Waals surface area contributed by atoms with Crippen LogP contribution >= 0.6 is 23.2 Å². The predicted octanol–water partition coefficient (Wildman–Crippen LogP) is 5.16. The SMILES string of the molecule is COc1ccc(C)cc1C(C)NCc1c(Cl)cccc1Cl. The van der Waals surface area contributed by atoms with Gasteiger partial charge in [0.2, 0.25) is 0 Å². The molecule has 0 amide bonds. The summed E-state index contributed by atoms with van der Waals surface area (Å²) in [5.41, 5.74) is 3.25. The fourth-order valence-corrected chi connectivity index (χ4v) is 2.79. The van der Waals surface area contributed by atoms with E-state index in [0.29, 0.717) is 16.6 Å². The van der Waals surface area contributed by atoms with E-state index in [1.807, 2.05) is 30.3 Å². The Kier molecular flexibility index (Phi) is 5.51. The fraction of sp³-hybridized carbons (Fsp3) is 0.294. The summed E-state index contributed by atoms with van der Waals surface area (Å²) in [6.45, 7) is 4.78. The lowest BCUT2D eigenvalue weighted by molar-refractivity contribution is 0.401. The van der Waals surface area contributed by atoms with Crippen molar-refractivity contribution < 1.29 is 4.74 Å². The van der Waals surface area contributed by atoms with Crippen molar-refractivity contribution in [3.63, 3.8) is 0 Å². The highest BCUT2D eigenvalue weighted by Gasteiger charge is 2.13. The van der Waals surface area contributed by atoms with Crippen LogP contribution in [0.3, 0.4) is 0 Å². The number of hydrogen-bond acceptors (Lipinski definition) is 2. The Balaban J connectivity index is 2.15.